The summed E-state index contributed by atoms with van der Waals surface area (Å²) in [7, 11) is 0. The molecule has 0 heterocycles. The van der Waals surface area contributed by atoms with Crippen LogP contribution in [0.15, 0.2) is 24.3 Å². The van der Waals surface area contributed by atoms with Gasteiger partial charge in [-0.25, -0.2) is 0 Å². The van der Waals surface area contributed by atoms with Gasteiger partial charge in [-0.05, 0) is 23.1 Å². The van der Waals surface area contributed by atoms with Gasteiger partial charge >= 0.3 is 0 Å². The predicted octanol–water partition coefficient (Wildman–Crippen LogP) is 2.72. The first kappa shape index (κ1) is 11.8. The van der Waals surface area contributed by atoms with Crippen LogP contribution in [0, 0.1) is 11.8 Å². The smallest absolute Gasteiger partial charge is 0.0540 e. The van der Waals surface area contributed by atoms with Crippen molar-refractivity contribution in [2.75, 3.05) is 6.61 Å². The third-order valence-corrected chi connectivity index (χ3v) is 2.22. The maximum atomic E-state index is 8.59. The summed E-state index contributed by atoms with van der Waals surface area (Å²) in [6.45, 7) is 6.71. The van der Waals surface area contributed by atoms with Crippen LogP contribution in [0.3, 0.4) is 0 Å². The normalized spacial score (nSPS) is 10.7. The van der Waals surface area contributed by atoms with Gasteiger partial charge in [0.1, 0.15) is 0 Å². The van der Waals surface area contributed by atoms with Crippen LogP contribution in [0.5, 0.6) is 0 Å². The van der Waals surface area contributed by atoms with E-state index < -0.39 is 0 Å². The zero-order valence-corrected chi connectivity index (χ0v) is 9.67. The van der Waals surface area contributed by atoms with Gasteiger partial charge in [0, 0.05) is 12.0 Å². The van der Waals surface area contributed by atoms with E-state index in [-0.39, 0.29) is 12.0 Å². The lowest BCUT2D eigenvalue weighted by molar-refractivity contribution is 0.305. The highest BCUT2D eigenvalue weighted by molar-refractivity contribution is 5.37. The van der Waals surface area contributed by atoms with Crippen molar-refractivity contribution in [3.8, 4) is 11.8 Å². The molecule has 15 heavy (non-hydrogen) atoms. The van der Waals surface area contributed by atoms with E-state index in [4.69, 9.17) is 5.11 Å². The molecule has 0 atom stereocenters. The molecule has 1 rings (SSSR count). The molecule has 0 aliphatic heterocycles. The predicted molar refractivity (Wildman–Crippen MR) is 63.7 cm³/mol. The molecule has 0 aliphatic rings. The van der Waals surface area contributed by atoms with Crippen LogP contribution in [-0.2, 0) is 5.41 Å². The van der Waals surface area contributed by atoms with Crippen LogP contribution in [0.25, 0.3) is 0 Å². The van der Waals surface area contributed by atoms with Crippen molar-refractivity contribution in [3.05, 3.63) is 35.4 Å². The Balaban J connectivity index is 2.79. The van der Waals surface area contributed by atoms with Gasteiger partial charge < -0.3 is 5.11 Å². The number of hydrogen-bond acceptors (Lipinski definition) is 1. The molecule has 0 fully saturated rings. The average Bonchev–Trinajstić information content (AvgIpc) is 2.18. The van der Waals surface area contributed by atoms with Crippen molar-refractivity contribution in [2.45, 2.75) is 32.6 Å². The monoisotopic (exact) mass is 202 g/mol. The molecule has 0 bridgehead atoms. The van der Waals surface area contributed by atoms with Gasteiger partial charge in [0.05, 0.1) is 6.61 Å². The minimum absolute atomic E-state index is 0.132. The highest BCUT2D eigenvalue weighted by Crippen LogP contribution is 2.21. The molecule has 80 valence electrons. The first-order valence-electron chi connectivity index (χ1n) is 5.24. The molecule has 0 aliphatic carbocycles. The van der Waals surface area contributed by atoms with Gasteiger partial charge in [0.25, 0.3) is 0 Å². The van der Waals surface area contributed by atoms with Gasteiger partial charge in [-0.3, -0.25) is 0 Å². The van der Waals surface area contributed by atoms with E-state index in [2.05, 4.69) is 44.7 Å². The topological polar surface area (TPSA) is 20.2 Å². The average molecular weight is 202 g/mol. The van der Waals surface area contributed by atoms with Gasteiger partial charge in [0.15, 0.2) is 0 Å². The molecule has 0 saturated carbocycles. The molecule has 1 N–H and O–H groups in total. The molecule has 1 heteroatoms. The Morgan fingerprint density at radius 1 is 1.13 bits per heavy atom. The van der Waals surface area contributed by atoms with Crippen molar-refractivity contribution in [3.63, 3.8) is 0 Å². The Hall–Kier alpha value is -1.26. The number of aliphatic hydroxyl groups excluding tert-OH is 1. The summed E-state index contributed by atoms with van der Waals surface area (Å²) in [5, 5.41) is 8.59. The van der Waals surface area contributed by atoms with Gasteiger partial charge in [0.2, 0.25) is 0 Å². The van der Waals surface area contributed by atoms with Crippen molar-refractivity contribution in [1.29, 1.82) is 0 Å². The van der Waals surface area contributed by atoms with Crippen LogP contribution in [0.4, 0.5) is 0 Å². The quantitative estimate of drug-likeness (QED) is 0.694. The molecule has 0 aromatic heterocycles. The van der Waals surface area contributed by atoms with Crippen LogP contribution in [0.1, 0.15) is 38.3 Å². The zero-order valence-electron chi connectivity index (χ0n) is 9.67. The third kappa shape index (κ3) is 3.77. The molecule has 1 nitrogen and oxygen atoms in total. The Morgan fingerprint density at radius 2 is 1.73 bits per heavy atom. The SMILES string of the molecule is CC(C)(C)c1ccc(C#CCCO)cc1. The molecular weight excluding hydrogens is 184 g/mol. The number of benzene rings is 1. The fraction of sp³-hybridized carbons (Fsp3) is 0.429. The Bertz CT molecular complexity index is 357. The molecule has 0 amide bonds. The van der Waals surface area contributed by atoms with Crippen LogP contribution in [0.2, 0.25) is 0 Å². The molecular formula is C14H18O. The van der Waals surface area contributed by atoms with Gasteiger partial charge in [-0.15, -0.1) is 0 Å². The summed E-state index contributed by atoms with van der Waals surface area (Å²) in [6, 6.07) is 8.29. The first-order valence-corrected chi connectivity index (χ1v) is 5.24. The van der Waals surface area contributed by atoms with Crippen molar-refractivity contribution in [2.24, 2.45) is 0 Å². The second-order valence-corrected chi connectivity index (χ2v) is 4.60. The fourth-order valence-corrected chi connectivity index (χ4v) is 1.27. The van der Waals surface area contributed by atoms with E-state index in [9.17, 15) is 0 Å². The molecule has 1 aromatic rings. The molecule has 0 spiro atoms. The lowest BCUT2D eigenvalue weighted by atomic mass is 9.87. The van der Waals surface area contributed by atoms with Crippen molar-refractivity contribution >= 4 is 0 Å². The molecule has 0 radical (unpaired) electrons. The van der Waals surface area contributed by atoms with E-state index in [0.29, 0.717) is 6.42 Å². The maximum Gasteiger partial charge on any atom is 0.0540 e. The van der Waals surface area contributed by atoms with Crippen molar-refractivity contribution < 1.29 is 5.11 Å². The number of rotatable bonds is 1. The highest BCUT2D eigenvalue weighted by atomic mass is 16.2. The summed E-state index contributed by atoms with van der Waals surface area (Å²) in [5.74, 6) is 5.92. The third-order valence-electron chi connectivity index (χ3n) is 2.22. The van der Waals surface area contributed by atoms with Gasteiger partial charge in [-0.1, -0.05) is 44.7 Å². The summed E-state index contributed by atoms with van der Waals surface area (Å²) in [4.78, 5) is 0. The lowest BCUT2D eigenvalue weighted by Gasteiger charge is -2.18. The van der Waals surface area contributed by atoms with E-state index in [0.717, 1.165) is 5.56 Å². The highest BCUT2D eigenvalue weighted by Gasteiger charge is 2.12. The standard InChI is InChI=1S/C14H18O/c1-14(2,3)13-9-7-12(8-10-13)6-4-5-11-15/h7-10,15H,5,11H2,1-3H3. The Morgan fingerprint density at radius 3 is 2.20 bits per heavy atom. The molecule has 1 aromatic carbocycles. The van der Waals surface area contributed by atoms with E-state index in [1.807, 2.05) is 12.1 Å². The van der Waals surface area contributed by atoms with Crippen molar-refractivity contribution in [1.82, 2.24) is 0 Å². The van der Waals surface area contributed by atoms with E-state index in [1.54, 1.807) is 0 Å². The summed E-state index contributed by atoms with van der Waals surface area (Å²) >= 11 is 0. The maximum absolute atomic E-state index is 8.59. The van der Waals surface area contributed by atoms with Crippen LogP contribution < -0.4 is 0 Å². The molecule has 0 saturated heterocycles. The summed E-state index contributed by atoms with van der Waals surface area (Å²) in [5.41, 5.74) is 2.52. The summed E-state index contributed by atoms with van der Waals surface area (Å²) in [6.07, 6.45) is 0.543. The summed E-state index contributed by atoms with van der Waals surface area (Å²) < 4.78 is 0. The van der Waals surface area contributed by atoms with Crippen LogP contribution in [-0.4, -0.2) is 11.7 Å². The Labute approximate surface area is 92.1 Å². The number of aliphatic hydroxyl groups is 1. The minimum Gasteiger partial charge on any atom is -0.395 e. The zero-order chi connectivity index (χ0) is 11.3. The van der Waals surface area contributed by atoms with E-state index in [1.165, 1.54) is 5.56 Å². The largest absolute Gasteiger partial charge is 0.395 e. The van der Waals surface area contributed by atoms with Crippen LogP contribution >= 0.6 is 0 Å². The second-order valence-electron chi connectivity index (χ2n) is 4.60. The Kier molecular flexibility index (Phi) is 3.94. The minimum atomic E-state index is 0.132. The number of hydrogen-bond donors (Lipinski definition) is 1. The molecule has 0 unspecified atom stereocenters. The second kappa shape index (κ2) is 5.00. The fourth-order valence-electron chi connectivity index (χ4n) is 1.27. The van der Waals surface area contributed by atoms with E-state index >= 15 is 0 Å². The lowest BCUT2D eigenvalue weighted by Crippen LogP contribution is -2.10. The first-order chi connectivity index (χ1) is 7.04. The van der Waals surface area contributed by atoms with Gasteiger partial charge in [-0.2, -0.15) is 0 Å².